The fraction of sp³-hybridized carbons (Fsp3) is 0.643. The molecule has 0 aliphatic heterocycles. The fourth-order valence-corrected chi connectivity index (χ4v) is 4.43. The first-order valence-corrected chi connectivity index (χ1v) is 12.9. The summed E-state index contributed by atoms with van der Waals surface area (Å²) >= 11 is 0. The van der Waals surface area contributed by atoms with Gasteiger partial charge in [0, 0.05) is 26.9 Å². The molecule has 0 radical (unpaired) electrons. The zero-order valence-electron chi connectivity index (χ0n) is 23.1. The van der Waals surface area contributed by atoms with Crippen LogP contribution in [0.2, 0.25) is 0 Å². The van der Waals surface area contributed by atoms with Crippen LogP contribution in [0.15, 0.2) is 24.3 Å². The van der Waals surface area contributed by atoms with E-state index in [-0.39, 0.29) is 18.1 Å². The molecule has 0 bridgehead atoms. The van der Waals surface area contributed by atoms with Gasteiger partial charge in [-0.3, -0.25) is 19.2 Å². The lowest BCUT2D eigenvalue weighted by Gasteiger charge is -2.36. The van der Waals surface area contributed by atoms with Gasteiger partial charge in [-0.25, -0.2) is 0 Å². The highest BCUT2D eigenvalue weighted by atomic mass is 16.5. The van der Waals surface area contributed by atoms with Gasteiger partial charge in [0.15, 0.2) is 0 Å². The third kappa shape index (κ3) is 8.95. The number of nitrogens with zero attached hydrogens (tertiary/aromatic N) is 2. The maximum Gasteiger partial charge on any atom is 0.246 e. The number of nitrogens with two attached hydrogens (primary N) is 1. The smallest absolute Gasteiger partial charge is 0.246 e. The summed E-state index contributed by atoms with van der Waals surface area (Å²) in [4.78, 5) is 54.5. The number of benzene rings is 1. The van der Waals surface area contributed by atoms with Crippen molar-refractivity contribution >= 4 is 23.5 Å². The van der Waals surface area contributed by atoms with Crippen LogP contribution in [-0.2, 0) is 25.6 Å². The molecule has 202 valence electrons. The number of unbranched alkanes of at least 4 members (excludes halogenated alkanes) is 4. The van der Waals surface area contributed by atoms with Crippen LogP contribution in [0.3, 0.4) is 0 Å². The van der Waals surface area contributed by atoms with Gasteiger partial charge in [-0.2, -0.15) is 0 Å². The maximum atomic E-state index is 13.6. The van der Waals surface area contributed by atoms with E-state index >= 15 is 0 Å². The Hall–Kier alpha value is -2.90. The van der Waals surface area contributed by atoms with Crippen molar-refractivity contribution in [1.82, 2.24) is 9.80 Å². The second-order valence-electron chi connectivity index (χ2n) is 9.91. The van der Waals surface area contributed by atoms with Crippen molar-refractivity contribution in [2.75, 3.05) is 21.2 Å². The number of amides is 3. The number of hydrogen-bond acceptors (Lipinski definition) is 5. The zero-order chi connectivity index (χ0) is 27.4. The Morgan fingerprint density at radius 3 is 1.97 bits per heavy atom. The molecule has 0 aliphatic carbocycles. The third-order valence-corrected chi connectivity index (χ3v) is 6.76. The monoisotopic (exact) mass is 503 g/mol. The molecule has 3 atom stereocenters. The average molecular weight is 504 g/mol. The molecule has 36 heavy (non-hydrogen) atoms. The molecule has 0 aromatic heterocycles. The minimum Gasteiger partial charge on any atom is -0.497 e. The van der Waals surface area contributed by atoms with Crippen LogP contribution < -0.4 is 10.5 Å². The van der Waals surface area contributed by atoms with Crippen molar-refractivity contribution < 1.29 is 23.9 Å². The van der Waals surface area contributed by atoms with E-state index in [1.165, 1.54) is 16.8 Å². The van der Waals surface area contributed by atoms with E-state index in [2.05, 4.69) is 6.92 Å². The van der Waals surface area contributed by atoms with E-state index in [1.807, 2.05) is 26.0 Å². The largest absolute Gasteiger partial charge is 0.497 e. The Bertz CT molecular complexity index is 868. The Kier molecular flexibility index (Phi) is 13.2. The van der Waals surface area contributed by atoms with Crippen LogP contribution >= 0.6 is 0 Å². The van der Waals surface area contributed by atoms with E-state index in [9.17, 15) is 19.2 Å². The number of carbonyl (C=O) groups is 4. The van der Waals surface area contributed by atoms with Crippen LogP contribution in [0.1, 0.15) is 71.8 Å². The lowest BCUT2D eigenvalue weighted by atomic mass is 9.96. The van der Waals surface area contributed by atoms with Crippen LogP contribution in [-0.4, -0.2) is 66.6 Å². The predicted molar refractivity (Wildman–Crippen MR) is 141 cm³/mol. The molecule has 1 aromatic rings. The first kappa shape index (κ1) is 31.1. The number of carbonyl (C=O) groups excluding carboxylic acids is 4. The predicted octanol–water partition coefficient (Wildman–Crippen LogP) is 3.60. The van der Waals surface area contributed by atoms with Gasteiger partial charge < -0.3 is 20.3 Å². The average Bonchev–Trinajstić information content (AvgIpc) is 2.85. The molecule has 2 N–H and O–H groups in total. The first-order valence-electron chi connectivity index (χ1n) is 12.9. The third-order valence-electron chi connectivity index (χ3n) is 6.76. The van der Waals surface area contributed by atoms with E-state index < -0.39 is 35.7 Å². The molecular weight excluding hydrogens is 458 g/mol. The Morgan fingerprint density at radius 1 is 0.889 bits per heavy atom. The Balaban J connectivity index is 3.14. The summed E-state index contributed by atoms with van der Waals surface area (Å²) in [6.45, 7) is 7.36. The van der Waals surface area contributed by atoms with E-state index in [0.29, 0.717) is 12.2 Å². The van der Waals surface area contributed by atoms with Gasteiger partial charge in [-0.05, 0) is 37.0 Å². The molecule has 3 amide bonds. The van der Waals surface area contributed by atoms with Crippen LogP contribution in [0, 0.1) is 11.8 Å². The molecule has 0 spiro atoms. The molecule has 0 aliphatic rings. The normalized spacial score (nSPS) is 13.6. The number of rotatable bonds is 16. The summed E-state index contributed by atoms with van der Waals surface area (Å²) in [6.07, 6.45) is 5.62. The number of Topliss-reactive ketones (excluding diaryl/α,β-unsaturated/α-hetero) is 1. The molecule has 0 saturated carbocycles. The van der Waals surface area contributed by atoms with E-state index in [4.69, 9.17) is 10.5 Å². The summed E-state index contributed by atoms with van der Waals surface area (Å²) in [6, 6.07) is 5.51. The van der Waals surface area contributed by atoms with Crippen molar-refractivity contribution in [2.24, 2.45) is 17.6 Å². The van der Waals surface area contributed by atoms with Gasteiger partial charge in [-0.15, -0.1) is 0 Å². The second-order valence-corrected chi connectivity index (χ2v) is 9.91. The van der Waals surface area contributed by atoms with Gasteiger partial charge in [0.1, 0.15) is 23.6 Å². The lowest BCUT2D eigenvalue weighted by Crippen LogP contribution is -2.57. The summed E-state index contributed by atoms with van der Waals surface area (Å²) in [5.41, 5.74) is 6.41. The highest BCUT2D eigenvalue weighted by Crippen LogP contribution is 2.20. The quantitative estimate of drug-likeness (QED) is 0.274. The van der Waals surface area contributed by atoms with Crippen molar-refractivity contribution in [3.8, 4) is 5.75 Å². The maximum absolute atomic E-state index is 13.6. The molecule has 0 unspecified atom stereocenters. The van der Waals surface area contributed by atoms with Gasteiger partial charge in [0.05, 0.1) is 13.0 Å². The first-order chi connectivity index (χ1) is 17.0. The minimum absolute atomic E-state index is 0.121. The number of ether oxygens (including phenoxy) is 1. The summed E-state index contributed by atoms with van der Waals surface area (Å²) < 4.78 is 5.21. The summed E-state index contributed by atoms with van der Waals surface area (Å²) in [5.74, 6) is -1.92. The van der Waals surface area contributed by atoms with Crippen molar-refractivity contribution in [3.05, 3.63) is 29.8 Å². The van der Waals surface area contributed by atoms with Crippen LogP contribution in [0.5, 0.6) is 5.75 Å². The molecule has 8 heteroatoms. The van der Waals surface area contributed by atoms with Crippen molar-refractivity contribution in [3.63, 3.8) is 0 Å². The number of primary amides is 1. The topological polar surface area (TPSA) is 110 Å². The molecule has 0 fully saturated rings. The standard InChI is InChI=1S/C28H45N3O5/c1-8-9-10-11-12-13-24(32)20(4)27(34)30(5)23(18-21-14-16-22(36-7)17-15-21)28(35)31(6)25(19(2)3)26(29)33/h14-17,19-20,23,25H,8-13,18H2,1-7H3,(H2,29,33)/t20-,23+,25+/m1/s1. The number of ketones is 1. The summed E-state index contributed by atoms with van der Waals surface area (Å²) in [5, 5.41) is 0. The van der Waals surface area contributed by atoms with E-state index in [1.54, 1.807) is 33.2 Å². The van der Waals surface area contributed by atoms with Gasteiger partial charge in [0.2, 0.25) is 17.7 Å². The number of hydrogen-bond donors (Lipinski definition) is 1. The van der Waals surface area contributed by atoms with Crippen molar-refractivity contribution in [1.29, 1.82) is 0 Å². The van der Waals surface area contributed by atoms with Gasteiger partial charge in [-0.1, -0.05) is 58.6 Å². The molecule has 0 heterocycles. The highest BCUT2D eigenvalue weighted by molar-refractivity contribution is 6.02. The second kappa shape index (κ2) is 15.3. The minimum atomic E-state index is -0.906. The van der Waals surface area contributed by atoms with Gasteiger partial charge >= 0.3 is 0 Å². The molecule has 0 saturated heterocycles. The Labute approximate surface area is 216 Å². The molecular formula is C28H45N3O5. The highest BCUT2D eigenvalue weighted by Gasteiger charge is 2.37. The van der Waals surface area contributed by atoms with Crippen LogP contribution in [0.4, 0.5) is 0 Å². The van der Waals surface area contributed by atoms with Gasteiger partial charge in [0.25, 0.3) is 0 Å². The Morgan fingerprint density at radius 2 is 1.47 bits per heavy atom. The summed E-state index contributed by atoms with van der Waals surface area (Å²) in [7, 11) is 4.64. The fourth-order valence-electron chi connectivity index (χ4n) is 4.43. The van der Waals surface area contributed by atoms with E-state index in [0.717, 1.165) is 37.7 Å². The lowest BCUT2D eigenvalue weighted by molar-refractivity contribution is -0.150. The van der Waals surface area contributed by atoms with Crippen LogP contribution in [0.25, 0.3) is 0 Å². The number of likely N-dealkylation sites (N-methyl/N-ethyl adjacent to an activating group) is 2. The molecule has 1 aromatic carbocycles. The molecule has 1 rings (SSSR count). The SMILES string of the molecule is CCCCCCCC(=O)[C@@H](C)C(=O)N(C)[C@@H](Cc1ccc(OC)cc1)C(=O)N(C)[C@H](C(N)=O)C(C)C. The van der Waals surface area contributed by atoms with Crippen molar-refractivity contribution in [2.45, 2.75) is 84.7 Å². The number of methoxy groups -OCH3 is 1. The zero-order valence-corrected chi connectivity index (χ0v) is 23.1. The molecule has 8 nitrogen and oxygen atoms in total.